The van der Waals surface area contributed by atoms with Gasteiger partial charge in [0.25, 0.3) is 5.91 Å². The topological polar surface area (TPSA) is 33.2 Å². The first kappa shape index (κ1) is 13.2. The maximum atomic E-state index is 11.7. The van der Waals surface area contributed by atoms with E-state index in [1.54, 1.807) is 30.3 Å². The molecule has 0 atom stereocenters. The van der Waals surface area contributed by atoms with Crippen molar-refractivity contribution in [2.24, 2.45) is 0 Å². The quantitative estimate of drug-likeness (QED) is 0.810. The van der Waals surface area contributed by atoms with E-state index in [1.165, 1.54) is 0 Å². The average Bonchev–Trinajstić information content (AvgIpc) is 2.86. The Labute approximate surface area is 119 Å². The summed E-state index contributed by atoms with van der Waals surface area (Å²) in [4.78, 5) is 17.8. The zero-order chi connectivity index (χ0) is 13.1. The van der Waals surface area contributed by atoms with E-state index in [0.29, 0.717) is 5.56 Å². The van der Waals surface area contributed by atoms with Gasteiger partial charge < -0.3 is 4.90 Å². The third kappa shape index (κ3) is 2.79. The summed E-state index contributed by atoms with van der Waals surface area (Å²) in [5.41, 5.74) is 2.77. The zero-order valence-corrected chi connectivity index (χ0v) is 12.6. The lowest BCUT2D eigenvalue weighted by molar-refractivity contribution is 0.0827. The highest BCUT2D eigenvalue weighted by atomic mass is 79.9. The Morgan fingerprint density at radius 3 is 2.50 bits per heavy atom. The van der Waals surface area contributed by atoms with Gasteiger partial charge in [-0.2, -0.15) is 0 Å². The summed E-state index contributed by atoms with van der Waals surface area (Å²) in [5, 5.41) is 3.78. The van der Waals surface area contributed by atoms with Gasteiger partial charge in [0.05, 0.1) is 5.69 Å². The van der Waals surface area contributed by atoms with Gasteiger partial charge in [-0.15, -0.1) is 11.3 Å². The van der Waals surface area contributed by atoms with Gasteiger partial charge in [-0.3, -0.25) is 4.79 Å². The number of hydrogen-bond donors (Lipinski definition) is 0. The SMILES string of the molecule is CN(C)C(=O)c1ccc(-c2nc(CBr)cs2)cc1. The smallest absolute Gasteiger partial charge is 0.253 e. The predicted molar refractivity (Wildman–Crippen MR) is 78.2 cm³/mol. The Bertz CT molecular complexity index is 548. The molecule has 1 aromatic carbocycles. The molecule has 0 saturated carbocycles. The van der Waals surface area contributed by atoms with Crippen molar-refractivity contribution in [1.82, 2.24) is 9.88 Å². The lowest BCUT2D eigenvalue weighted by atomic mass is 10.1. The summed E-state index contributed by atoms with van der Waals surface area (Å²) in [7, 11) is 3.50. The molecule has 0 N–H and O–H groups in total. The fourth-order valence-electron chi connectivity index (χ4n) is 1.51. The van der Waals surface area contributed by atoms with Crippen molar-refractivity contribution >= 4 is 33.2 Å². The summed E-state index contributed by atoms with van der Waals surface area (Å²) in [6, 6.07) is 7.56. The third-order valence-corrected chi connectivity index (χ3v) is 3.99. The van der Waals surface area contributed by atoms with Crippen LogP contribution in [0.1, 0.15) is 16.1 Å². The number of carbonyl (C=O) groups excluding carboxylic acids is 1. The summed E-state index contributed by atoms with van der Waals surface area (Å²) < 4.78 is 0. The van der Waals surface area contributed by atoms with Crippen LogP contribution in [0.5, 0.6) is 0 Å². The van der Waals surface area contributed by atoms with Gasteiger partial charge >= 0.3 is 0 Å². The number of halogens is 1. The van der Waals surface area contributed by atoms with Gasteiger partial charge in [-0.1, -0.05) is 28.1 Å². The number of carbonyl (C=O) groups is 1. The van der Waals surface area contributed by atoms with E-state index >= 15 is 0 Å². The van der Waals surface area contributed by atoms with E-state index < -0.39 is 0 Å². The van der Waals surface area contributed by atoms with Crippen LogP contribution in [0.15, 0.2) is 29.6 Å². The lowest BCUT2D eigenvalue weighted by Gasteiger charge is -2.10. The molecule has 0 saturated heterocycles. The largest absolute Gasteiger partial charge is 0.345 e. The standard InChI is InChI=1S/C13H13BrN2OS/c1-16(2)13(17)10-5-3-9(4-6-10)12-15-11(7-14)8-18-12/h3-6,8H,7H2,1-2H3. The molecule has 0 radical (unpaired) electrons. The van der Waals surface area contributed by atoms with E-state index in [0.717, 1.165) is 21.6 Å². The summed E-state index contributed by atoms with van der Waals surface area (Å²) >= 11 is 5.00. The molecule has 2 aromatic rings. The highest BCUT2D eigenvalue weighted by Crippen LogP contribution is 2.25. The number of aromatic nitrogens is 1. The summed E-state index contributed by atoms with van der Waals surface area (Å²) in [5.74, 6) is 0.0156. The molecular weight excluding hydrogens is 312 g/mol. The lowest BCUT2D eigenvalue weighted by Crippen LogP contribution is -2.21. The van der Waals surface area contributed by atoms with E-state index in [2.05, 4.69) is 20.9 Å². The molecule has 3 nitrogen and oxygen atoms in total. The number of nitrogens with zero attached hydrogens (tertiary/aromatic N) is 2. The molecule has 0 bridgehead atoms. The maximum Gasteiger partial charge on any atom is 0.253 e. The number of rotatable bonds is 3. The minimum Gasteiger partial charge on any atom is -0.345 e. The van der Waals surface area contributed by atoms with E-state index in [-0.39, 0.29) is 5.91 Å². The Morgan fingerprint density at radius 2 is 2.00 bits per heavy atom. The highest BCUT2D eigenvalue weighted by molar-refractivity contribution is 9.08. The van der Waals surface area contributed by atoms with Crippen LogP contribution in [0.2, 0.25) is 0 Å². The highest BCUT2D eigenvalue weighted by Gasteiger charge is 2.09. The molecule has 1 amide bonds. The van der Waals surface area contributed by atoms with Crippen LogP contribution in [-0.4, -0.2) is 29.9 Å². The molecule has 18 heavy (non-hydrogen) atoms. The molecule has 5 heteroatoms. The third-order valence-electron chi connectivity index (χ3n) is 2.47. The van der Waals surface area contributed by atoms with Gasteiger partial charge in [0.1, 0.15) is 5.01 Å². The molecule has 0 unspecified atom stereocenters. The van der Waals surface area contributed by atoms with Crippen LogP contribution < -0.4 is 0 Å². The van der Waals surface area contributed by atoms with Crippen LogP contribution in [0.3, 0.4) is 0 Å². The van der Waals surface area contributed by atoms with Crippen molar-refractivity contribution < 1.29 is 4.79 Å². The first-order chi connectivity index (χ1) is 8.61. The van der Waals surface area contributed by atoms with Gasteiger partial charge in [-0.25, -0.2) is 4.98 Å². The van der Waals surface area contributed by atoms with Crippen molar-refractivity contribution in [3.8, 4) is 10.6 Å². The van der Waals surface area contributed by atoms with Gasteiger partial charge in [0, 0.05) is 35.9 Å². The van der Waals surface area contributed by atoms with Gasteiger partial charge in [0.2, 0.25) is 0 Å². The Morgan fingerprint density at radius 1 is 1.33 bits per heavy atom. The molecular formula is C13H13BrN2OS. The van der Waals surface area contributed by atoms with Crippen molar-refractivity contribution in [2.45, 2.75) is 5.33 Å². The van der Waals surface area contributed by atoms with Crippen LogP contribution in [0.25, 0.3) is 10.6 Å². The van der Waals surface area contributed by atoms with Crippen molar-refractivity contribution in [3.05, 3.63) is 40.9 Å². The number of amides is 1. The molecule has 0 aliphatic carbocycles. The van der Waals surface area contributed by atoms with Gasteiger partial charge in [0.15, 0.2) is 0 Å². The molecule has 0 fully saturated rings. The average molecular weight is 325 g/mol. The van der Waals surface area contributed by atoms with Crippen molar-refractivity contribution in [1.29, 1.82) is 0 Å². The van der Waals surface area contributed by atoms with Crippen LogP contribution >= 0.6 is 27.3 Å². The fraction of sp³-hybridized carbons (Fsp3) is 0.231. The maximum absolute atomic E-state index is 11.7. The first-order valence-corrected chi connectivity index (χ1v) is 7.44. The Kier molecular flexibility index (Phi) is 4.14. The second kappa shape index (κ2) is 5.63. The Balaban J connectivity index is 2.24. The number of thiazole rings is 1. The molecule has 1 aromatic heterocycles. The Hall–Kier alpha value is -1.20. The molecule has 0 aliphatic heterocycles. The molecule has 0 spiro atoms. The number of alkyl halides is 1. The summed E-state index contributed by atoms with van der Waals surface area (Å²) in [6.07, 6.45) is 0. The minimum atomic E-state index is 0.0156. The zero-order valence-electron chi connectivity index (χ0n) is 10.2. The van der Waals surface area contributed by atoms with Crippen molar-refractivity contribution in [2.75, 3.05) is 14.1 Å². The van der Waals surface area contributed by atoms with E-state index in [9.17, 15) is 4.79 Å². The monoisotopic (exact) mass is 324 g/mol. The van der Waals surface area contributed by atoms with Crippen LogP contribution in [0.4, 0.5) is 0 Å². The van der Waals surface area contributed by atoms with Crippen molar-refractivity contribution in [3.63, 3.8) is 0 Å². The normalized spacial score (nSPS) is 10.4. The second-order valence-corrected chi connectivity index (χ2v) is 5.47. The second-order valence-electron chi connectivity index (χ2n) is 4.05. The predicted octanol–water partition coefficient (Wildman–Crippen LogP) is 3.41. The van der Waals surface area contributed by atoms with Gasteiger partial charge in [-0.05, 0) is 12.1 Å². The minimum absolute atomic E-state index is 0.0156. The molecule has 1 heterocycles. The molecule has 94 valence electrons. The van der Waals surface area contributed by atoms with E-state index in [1.807, 2.05) is 29.6 Å². The first-order valence-electron chi connectivity index (χ1n) is 5.44. The fourth-order valence-corrected chi connectivity index (χ4v) is 2.84. The molecule has 0 aliphatic rings. The van der Waals surface area contributed by atoms with Crippen LogP contribution in [0, 0.1) is 0 Å². The van der Waals surface area contributed by atoms with Crippen LogP contribution in [-0.2, 0) is 5.33 Å². The summed E-state index contributed by atoms with van der Waals surface area (Å²) in [6.45, 7) is 0. The number of benzene rings is 1. The number of hydrogen-bond acceptors (Lipinski definition) is 3. The van der Waals surface area contributed by atoms with E-state index in [4.69, 9.17) is 0 Å². The molecule has 2 rings (SSSR count).